The number of aromatic nitrogens is 1. The van der Waals surface area contributed by atoms with Gasteiger partial charge in [-0.1, -0.05) is 0 Å². The van der Waals surface area contributed by atoms with Crippen LogP contribution in [-0.4, -0.2) is 18.9 Å². The quantitative estimate of drug-likeness (QED) is 0.396. The Morgan fingerprint density at radius 1 is 1.36 bits per heavy atom. The van der Waals surface area contributed by atoms with Crippen molar-refractivity contribution in [1.82, 2.24) is 0 Å². The molecule has 4 heteroatoms. The van der Waals surface area contributed by atoms with E-state index in [-0.39, 0.29) is 18.3 Å². The minimum Gasteiger partial charge on any atom is -0.464 e. The molecule has 0 radical (unpaired) electrons. The number of Topliss-reactive ketones (excluding diaryl/α,β-unsaturated/α-hetero) is 1. The highest BCUT2D eigenvalue weighted by molar-refractivity contribution is 5.93. The van der Waals surface area contributed by atoms with Crippen molar-refractivity contribution in [3.05, 3.63) is 30.1 Å². The van der Waals surface area contributed by atoms with Crippen LogP contribution in [0.5, 0.6) is 0 Å². The summed E-state index contributed by atoms with van der Waals surface area (Å²) in [7, 11) is 1.34. The van der Waals surface area contributed by atoms with Crippen molar-refractivity contribution < 1.29 is 18.9 Å². The van der Waals surface area contributed by atoms with Gasteiger partial charge in [0.1, 0.15) is 0 Å². The van der Waals surface area contributed by atoms with Crippen LogP contribution in [0.25, 0.3) is 0 Å². The van der Waals surface area contributed by atoms with E-state index in [4.69, 9.17) is 0 Å². The number of esters is 1. The second-order valence-electron chi connectivity index (χ2n) is 2.89. The van der Waals surface area contributed by atoms with Crippen LogP contribution in [-0.2, 0) is 16.1 Å². The Balaban J connectivity index is 2.73. The molecule has 1 aromatic heterocycles. The predicted octanol–water partition coefficient (Wildman–Crippen LogP) is 0.350. The van der Waals surface area contributed by atoms with Gasteiger partial charge in [0.25, 0.3) is 0 Å². The minimum atomic E-state index is -0.314. The number of rotatable bonds is 3. The Hall–Kier alpha value is -1.71. The minimum absolute atomic E-state index is 0.00946. The summed E-state index contributed by atoms with van der Waals surface area (Å²) in [6, 6.07) is 3.34. The maximum absolute atomic E-state index is 10.9. The molecule has 1 rings (SSSR count). The third-order valence-corrected chi connectivity index (χ3v) is 1.84. The van der Waals surface area contributed by atoms with Gasteiger partial charge in [0, 0.05) is 17.7 Å². The number of hydrogen-bond donors (Lipinski definition) is 0. The zero-order valence-electron chi connectivity index (χ0n) is 8.19. The van der Waals surface area contributed by atoms with Crippen molar-refractivity contribution in [3.63, 3.8) is 0 Å². The number of nitrogens with zero attached hydrogens (tertiary/aromatic N) is 1. The topological polar surface area (TPSA) is 47.2 Å². The smallest absolute Gasteiger partial charge is 0.372 e. The van der Waals surface area contributed by atoms with Crippen LogP contribution in [0.2, 0.25) is 0 Å². The average molecular weight is 194 g/mol. The molecule has 14 heavy (non-hydrogen) atoms. The van der Waals surface area contributed by atoms with Crippen LogP contribution in [0.1, 0.15) is 17.3 Å². The molecule has 0 saturated heterocycles. The lowest BCUT2D eigenvalue weighted by molar-refractivity contribution is -0.685. The third-order valence-electron chi connectivity index (χ3n) is 1.84. The molecule has 0 fully saturated rings. The van der Waals surface area contributed by atoms with E-state index in [1.165, 1.54) is 14.0 Å². The molecule has 0 aromatic carbocycles. The monoisotopic (exact) mass is 194 g/mol. The van der Waals surface area contributed by atoms with Gasteiger partial charge in [0.2, 0.25) is 6.54 Å². The fourth-order valence-corrected chi connectivity index (χ4v) is 1.01. The number of hydrogen-bond acceptors (Lipinski definition) is 3. The van der Waals surface area contributed by atoms with Crippen LogP contribution < -0.4 is 4.57 Å². The van der Waals surface area contributed by atoms with Crippen LogP contribution in [0.15, 0.2) is 24.5 Å². The highest BCUT2D eigenvalue weighted by Crippen LogP contribution is 1.95. The van der Waals surface area contributed by atoms with Crippen LogP contribution >= 0.6 is 0 Å². The van der Waals surface area contributed by atoms with E-state index in [1.807, 2.05) is 0 Å². The standard InChI is InChI=1S/C10H12NO3/c1-8(12)9-3-5-11(6-4-9)7-10(13)14-2/h3-6H,7H2,1-2H3/q+1. The largest absolute Gasteiger partial charge is 0.464 e. The summed E-state index contributed by atoms with van der Waals surface area (Å²) in [6.45, 7) is 1.66. The van der Waals surface area contributed by atoms with Gasteiger partial charge < -0.3 is 4.74 Å². The fraction of sp³-hybridized carbons (Fsp3) is 0.300. The second-order valence-corrected chi connectivity index (χ2v) is 2.89. The summed E-state index contributed by atoms with van der Waals surface area (Å²) < 4.78 is 6.16. The maximum atomic E-state index is 10.9. The predicted molar refractivity (Wildman–Crippen MR) is 48.7 cm³/mol. The van der Waals surface area contributed by atoms with Gasteiger partial charge in [-0.15, -0.1) is 0 Å². The number of ether oxygens (including phenoxy) is 1. The Morgan fingerprint density at radius 3 is 2.36 bits per heavy atom. The molecule has 0 N–H and O–H groups in total. The highest BCUT2D eigenvalue weighted by Gasteiger charge is 2.09. The molecule has 0 aliphatic heterocycles. The van der Waals surface area contributed by atoms with E-state index in [2.05, 4.69) is 4.74 Å². The zero-order chi connectivity index (χ0) is 10.6. The van der Waals surface area contributed by atoms with Crippen molar-refractivity contribution in [1.29, 1.82) is 0 Å². The molecule has 0 atom stereocenters. The van der Waals surface area contributed by atoms with Gasteiger partial charge in [-0.2, -0.15) is 4.57 Å². The van der Waals surface area contributed by atoms with Crippen molar-refractivity contribution in [2.75, 3.05) is 7.11 Å². The first-order chi connectivity index (χ1) is 6.63. The lowest BCUT2D eigenvalue weighted by Gasteiger charge is -1.96. The molecule has 0 amide bonds. The van der Waals surface area contributed by atoms with Gasteiger partial charge in [-0.3, -0.25) is 4.79 Å². The average Bonchev–Trinajstić information content (AvgIpc) is 2.18. The Kier molecular flexibility index (Phi) is 3.34. The summed E-state index contributed by atoms with van der Waals surface area (Å²) in [6.07, 6.45) is 3.35. The number of carbonyl (C=O) groups is 2. The summed E-state index contributed by atoms with van der Waals surface area (Å²) in [5.41, 5.74) is 0.631. The van der Waals surface area contributed by atoms with Crippen LogP contribution in [0.3, 0.4) is 0 Å². The maximum Gasteiger partial charge on any atom is 0.372 e. The van der Waals surface area contributed by atoms with E-state index >= 15 is 0 Å². The molecular weight excluding hydrogens is 182 g/mol. The molecule has 0 bridgehead atoms. The van der Waals surface area contributed by atoms with E-state index in [9.17, 15) is 9.59 Å². The lowest BCUT2D eigenvalue weighted by atomic mass is 10.2. The van der Waals surface area contributed by atoms with Crippen molar-refractivity contribution in [2.45, 2.75) is 13.5 Å². The number of ketones is 1. The Bertz CT molecular complexity index is 343. The summed E-state index contributed by atoms with van der Waals surface area (Å²) in [4.78, 5) is 21.8. The number of pyridine rings is 1. The van der Waals surface area contributed by atoms with E-state index < -0.39 is 0 Å². The van der Waals surface area contributed by atoms with Gasteiger partial charge in [-0.25, -0.2) is 4.79 Å². The third kappa shape index (κ3) is 2.65. The SMILES string of the molecule is COC(=O)C[n+]1ccc(C(C)=O)cc1. The Labute approximate surface area is 82.1 Å². The van der Waals surface area contributed by atoms with E-state index in [1.54, 1.807) is 29.1 Å². The van der Waals surface area contributed by atoms with Gasteiger partial charge in [0.15, 0.2) is 18.2 Å². The molecule has 0 aliphatic carbocycles. The zero-order valence-corrected chi connectivity index (χ0v) is 8.19. The first kappa shape index (κ1) is 10.4. The molecule has 1 aromatic rings. The molecule has 0 spiro atoms. The molecule has 74 valence electrons. The van der Waals surface area contributed by atoms with Crippen LogP contribution in [0.4, 0.5) is 0 Å². The molecule has 4 nitrogen and oxygen atoms in total. The molecule has 1 heterocycles. The second kappa shape index (κ2) is 4.50. The number of methoxy groups -OCH3 is 1. The molecule has 0 unspecified atom stereocenters. The fourth-order valence-electron chi connectivity index (χ4n) is 1.01. The van der Waals surface area contributed by atoms with E-state index in [0.29, 0.717) is 5.56 Å². The van der Waals surface area contributed by atoms with Gasteiger partial charge >= 0.3 is 5.97 Å². The van der Waals surface area contributed by atoms with Crippen molar-refractivity contribution >= 4 is 11.8 Å². The normalized spacial score (nSPS) is 9.57. The van der Waals surface area contributed by atoms with Gasteiger partial charge in [-0.05, 0) is 6.92 Å². The lowest BCUT2D eigenvalue weighted by Crippen LogP contribution is -2.37. The first-order valence-electron chi connectivity index (χ1n) is 4.20. The first-order valence-corrected chi connectivity index (χ1v) is 4.20. The summed E-state index contributed by atoms with van der Waals surface area (Å²) >= 11 is 0. The summed E-state index contributed by atoms with van der Waals surface area (Å²) in [5.74, 6) is -0.305. The summed E-state index contributed by atoms with van der Waals surface area (Å²) in [5, 5.41) is 0. The molecule has 0 aliphatic rings. The Morgan fingerprint density at radius 2 is 1.93 bits per heavy atom. The van der Waals surface area contributed by atoms with Crippen molar-refractivity contribution in [2.24, 2.45) is 0 Å². The highest BCUT2D eigenvalue weighted by atomic mass is 16.5. The van der Waals surface area contributed by atoms with Crippen molar-refractivity contribution in [3.8, 4) is 0 Å². The van der Waals surface area contributed by atoms with E-state index in [0.717, 1.165) is 0 Å². The number of carbonyl (C=O) groups excluding carboxylic acids is 2. The molecular formula is C10H12NO3+. The van der Waals surface area contributed by atoms with Crippen LogP contribution in [0, 0.1) is 0 Å². The van der Waals surface area contributed by atoms with Gasteiger partial charge in [0.05, 0.1) is 7.11 Å². The molecule has 0 saturated carbocycles.